The molecule has 0 aliphatic rings. The number of nitrogens with zero attached hydrogens (tertiary/aromatic N) is 3. The lowest BCUT2D eigenvalue weighted by atomic mass is 10.2. The van der Waals surface area contributed by atoms with Crippen molar-refractivity contribution in [3.8, 4) is 0 Å². The zero-order chi connectivity index (χ0) is 15.7. The molecule has 2 heterocycles. The van der Waals surface area contributed by atoms with Gasteiger partial charge in [0.1, 0.15) is 0 Å². The van der Waals surface area contributed by atoms with Gasteiger partial charge in [-0.05, 0) is 37.6 Å². The second-order valence-corrected chi connectivity index (χ2v) is 6.37. The fourth-order valence-corrected chi connectivity index (χ4v) is 3.03. The smallest absolute Gasteiger partial charge is 0.250 e. The minimum atomic E-state index is -0.285. The first-order valence-corrected chi connectivity index (χ1v) is 7.80. The number of fused-ring (bicyclic) bond motifs is 1. The van der Waals surface area contributed by atoms with Crippen molar-refractivity contribution >= 4 is 45.8 Å². The van der Waals surface area contributed by atoms with E-state index in [9.17, 15) is 4.79 Å². The van der Waals surface area contributed by atoms with Crippen molar-refractivity contribution in [1.82, 2.24) is 14.6 Å². The van der Waals surface area contributed by atoms with E-state index in [2.05, 4.69) is 15.4 Å². The number of nitrogens with one attached hydrogen (secondary N) is 1. The van der Waals surface area contributed by atoms with Crippen molar-refractivity contribution < 1.29 is 4.79 Å². The molecule has 7 heteroatoms. The Morgan fingerprint density at radius 1 is 1.41 bits per heavy atom. The maximum Gasteiger partial charge on any atom is 0.250 e. The molecule has 0 radical (unpaired) electrons. The third-order valence-corrected chi connectivity index (χ3v) is 4.44. The largest absolute Gasteiger partial charge is 0.290 e. The molecule has 3 rings (SSSR count). The van der Waals surface area contributed by atoms with Crippen molar-refractivity contribution in [1.29, 1.82) is 0 Å². The van der Waals surface area contributed by atoms with Crippen molar-refractivity contribution in [3.63, 3.8) is 0 Å². The summed E-state index contributed by atoms with van der Waals surface area (Å²) in [6, 6.07) is 7.26. The molecular formula is C15H13ClN4OS. The highest BCUT2D eigenvalue weighted by Gasteiger charge is 2.11. The maximum atomic E-state index is 11.9. The fraction of sp³-hybridized carbons (Fsp3) is 0.133. The average Bonchev–Trinajstić information content (AvgIpc) is 2.97. The zero-order valence-corrected chi connectivity index (χ0v) is 13.6. The monoisotopic (exact) mass is 332 g/mol. The Labute approximate surface area is 136 Å². The number of thiazole rings is 1. The number of hydrogen-bond donors (Lipinski definition) is 1. The molecular weight excluding hydrogens is 320 g/mol. The Hall–Kier alpha value is -2.18. The van der Waals surface area contributed by atoms with Crippen molar-refractivity contribution in [2.45, 2.75) is 13.8 Å². The van der Waals surface area contributed by atoms with E-state index in [-0.39, 0.29) is 5.91 Å². The summed E-state index contributed by atoms with van der Waals surface area (Å²) in [5.41, 5.74) is 1.88. The van der Waals surface area contributed by atoms with Crippen LogP contribution < -0.4 is 5.32 Å². The Morgan fingerprint density at radius 2 is 2.23 bits per heavy atom. The lowest BCUT2D eigenvalue weighted by molar-refractivity contribution is -0.111. The Balaban J connectivity index is 1.72. The molecule has 0 atom stereocenters. The quantitative estimate of drug-likeness (QED) is 0.744. The molecule has 112 valence electrons. The molecule has 5 nitrogen and oxygen atoms in total. The van der Waals surface area contributed by atoms with E-state index < -0.39 is 0 Å². The second-order valence-electron chi connectivity index (χ2n) is 4.75. The molecule has 0 aliphatic carbocycles. The number of halogens is 1. The predicted octanol–water partition coefficient (Wildman–Crippen LogP) is 3.71. The molecule has 0 aliphatic heterocycles. The highest BCUT2D eigenvalue weighted by Crippen LogP contribution is 2.21. The van der Waals surface area contributed by atoms with E-state index >= 15 is 0 Å². The number of aromatic nitrogens is 3. The molecule has 1 aromatic carbocycles. The van der Waals surface area contributed by atoms with E-state index in [1.807, 2.05) is 26.0 Å². The molecule has 3 aromatic rings. The first kappa shape index (κ1) is 14.7. The molecule has 1 N–H and O–H groups in total. The molecule has 2 aromatic heterocycles. The summed E-state index contributed by atoms with van der Waals surface area (Å²) in [5.74, 6) is 0.0164. The van der Waals surface area contributed by atoms with Crippen LogP contribution in [0.5, 0.6) is 0 Å². The number of carbonyl (C=O) groups excluding carboxylic acids is 1. The summed E-state index contributed by atoms with van der Waals surface area (Å²) in [6.07, 6.45) is 3.12. The summed E-state index contributed by atoms with van der Waals surface area (Å²) >= 11 is 7.44. The lowest BCUT2D eigenvalue weighted by Crippen LogP contribution is -2.09. The summed E-state index contributed by atoms with van der Waals surface area (Å²) < 4.78 is 1.73. The van der Waals surface area contributed by atoms with Crippen LogP contribution >= 0.6 is 22.9 Å². The van der Waals surface area contributed by atoms with Gasteiger partial charge in [-0.25, -0.2) is 4.52 Å². The first-order valence-electron chi connectivity index (χ1n) is 6.60. The molecule has 0 unspecified atom stereocenters. The van der Waals surface area contributed by atoms with Crippen LogP contribution in [-0.2, 0) is 4.79 Å². The van der Waals surface area contributed by atoms with E-state index in [4.69, 9.17) is 11.6 Å². The van der Waals surface area contributed by atoms with Crippen LogP contribution in [0.4, 0.5) is 5.95 Å². The van der Waals surface area contributed by atoms with Crippen molar-refractivity contribution in [3.05, 3.63) is 51.5 Å². The van der Waals surface area contributed by atoms with Gasteiger partial charge in [0, 0.05) is 16.0 Å². The Bertz CT molecular complexity index is 881. The van der Waals surface area contributed by atoms with Crippen LogP contribution in [0, 0.1) is 13.8 Å². The number of benzene rings is 1. The minimum Gasteiger partial charge on any atom is -0.290 e. The average molecular weight is 333 g/mol. The van der Waals surface area contributed by atoms with Gasteiger partial charge in [-0.15, -0.1) is 5.10 Å². The topological polar surface area (TPSA) is 59.3 Å². The van der Waals surface area contributed by atoms with E-state index in [1.165, 1.54) is 6.08 Å². The van der Waals surface area contributed by atoms with Gasteiger partial charge in [0.15, 0.2) is 0 Å². The van der Waals surface area contributed by atoms with Gasteiger partial charge in [-0.3, -0.25) is 10.1 Å². The number of carbonyl (C=O) groups is 1. The standard InChI is InChI=1S/C15H13ClN4OS/c1-9-10(2)22-15-18-14(19-20(9)15)17-13(21)7-6-11-4-3-5-12(16)8-11/h3-8H,1-2H3,(H,17,19,21)/b7-6+. The van der Waals surface area contributed by atoms with E-state index in [1.54, 1.807) is 34.1 Å². The van der Waals surface area contributed by atoms with Crippen LogP contribution in [0.15, 0.2) is 30.3 Å². The van der Waals surface area contributed by atoms with Crippen LogP contribution in [0.25, 0.3) is 11.0 Å². The molecule has 0 saturated heterocycles. The molecule has 0 saturated carbocycles. The molecule has 1 amide bonds. The highest BCUT2D eigenvalue weighted by atomic mass is 35.5. The Kier molecular flexibility index (Phi) is 3.96. The molecule has 22 heavy (non-hydrogen) atoms. The van der Waals surface area contributed by atoms with Gasteiger partial charge >= 0.3 is 0 Å². The molecule has 0 bridgehead atoms. The van der Waals surface area contributed by atoms with Crippen LogP contribution in [0.3, 0.4) is 0 Å². The van der Waals surface area contributed by atoms with Gasteiger partial charge in [0.05, 0.1) is 5.69 Å². The normalized spacial score (nSPS) is 11.4. The van der Waals surface area contributed by atoms with Crippen molar-refractivity contribution in [2.24, 2.45) is 0 Å². The number of amides is 1. The van der Waals surface area contributed by atoms with Crippen LogP contribution in [0.2, 0.25) is 5.02 Å². The fourth-order valence-electron chi connectivity index (χ4n) is 1.93. The molecule has 0 fully saturated rings. The van der Waals surface area contributed by atoms with E-state index in [0.29, 0.717) is 11.0 Å². The van der Waals surface area contributed by atoms with Crippen LogP contribution in [-0.4, -0.2) is 20.5 Å². The lowest BCUT2D eigenvalue weighted by Gasteiger charge is -1.96. The zero-order valence-electron chi connectivity index (χ0n) is 12.0. The van der Waals surface area contributed by atoms with Gasteiger partial charge < -0.3 is 0 Å². The predicted molar refractivity (Wildman–Crippen MR) is 89.5 cm³/mol. The van der Waals surface area contributed by atoms with Gasteiger partial charge in [-0.1, -0.05) is 35.1 Å². The maximum absolute atomic E-state index is 11.9. The van der Waals surface area contributed by atoms with Gasteiger partial charge in [-0.2, -0.15) is 4.98 Å². The number of rotatable bonds is 3. The summed E-state index contributed by atoms with van der Waals surface area (Å²) in [6.45, 7) is 3.99. The third kappa shape index (κ3) is 3.03. The second kappa shape index (κ2) is 5.90. The first-order chi connectivity index (χ1) is 10.5. The highest BCUT2D eigenvalue weighted by molar-refractivity contribution is 7.17. The van der Waals surface area contributed by atoms with Crippen molar-refractivity contribution in [2.75, 3.05) is 5.32 Å². The summed E-state index contributed by atoms with van der Waals surface area (Å²) in [5, 5.41) is 7.55. The van der Waals surface area contributed by atoms with Gasteiger partial charge in [0.25, 0.3) is 11.9 Å². The summed E-state index contributed by atoms with van der Waals surface area (Å²) in [7, 11) is 0. The Morgan fingerprint density at radius 3 is 2.95 bits per heavy atom. The molecule has 0 spiro atoms. The van der Waals surface area contributed by atoms with Crippen LogP contribution in [0.1, 0.15) is 16.1 Å². The SMILES string of the molecule is Cc1sc2nc(NC(=O)/C=C/c3cccc(Cl)c3)nn2c1C. The number of hydrogen-bond acceptors (Lipinski definition) is 4. The third-order valence-electron chi connectivity index (χ3n) is 3.16. The van der Waals surface area contributed by atoms with E-state index in [0.717, 1.165) is 21.1 Å². The summed E-state index contributed by atoms with van der Waals surface area (Å²) in [4.78, 5) is 18.1. The number of aryl methyl sites for hydroxylation is 2. The van der Waals surface area contributed by atoms with Gasteiger partial charge in [0.2, 0.25) is 4.96 Å². The number of anilines is 1. The minimum absolute atomic E-state index is 0.285.